The average Bonchev–Trinajstić information content (AvgIpc) is 2.76. The number of aliphatic carboxylic acids is 1. The summed E-state index contributed by atoms with van der Waals surface area (Å²) in [6, 6.07) is 4.47. The highest BCUT2D eigenvalue weighted by Crippen LogP contribution is 2.20. The van der Waals surface area contributed by atoms with Gasteiger partial charge in [0, 0.05) is 6.04 Å². The second kappa shape index (κ2) is 5.80. The predicted octanol–water partition coefficient (Wildman–Crippen LogP) is 0.540. The van der Waals surface area contributed by atoms with Gasteiger partial charge in [-0.05, 0) is 18.6 Å². The van der Waals surface area contributed by atoms with Crippen molar-refractivity contribution < 1.29 is 27.5 Å². The van der Waals surface area contributed by atoms with Crippen LogP contribution in [0.4, 0.5) is 4.39 Å². The Morgan fingerprint density at radius 2 is 2.00 bits per heavy atom. The fraction of sp³-hybridized carbons (Fsp3) is 0.385. The number of hydrogen-bond acceptors (Lipinski definition) is 4. The first-order chi connectivity index (χ1) is 9.80. The summed E-state index contributed by atoms with van der Waals surface area (Å²) in [5, 5.41) is 8.90. The number of hydrogen-bond donors (Lipinski definition) is 1. The quantitative estimate of drug-likeness (QED) is 0.875. The van der Waals surface area contributed by atoms with Crippen molar-refractivity contribution in [2.75, 3.05) is 18.1 Å². The zero-order valence-electron chi connectivity index (χ0n) is 11.0. The van der Waals surface area contributed by atoms with Crippen LogP contribution in [-0.2, 0) is 14.6 Å². The van der Waals surface area contributed by atoms with Gasteiger partial charge in [0.15, 0.2) is 9.84 Å². The molecule has 1 heterocycles. The number of carbonyl (C=O) groups is 2. The number of sulfone groups is 1. The monoisotopic (exact) mass is 315 g/mol. The molecule has 2 rings (SSSR count). The highest BCUT2D eigenvalue weighted by molar-refractivity contribution is 7.91. The summed E-state index contributed by atoms with van der Waals surface area (Å²) in [5.74, 6) is -3.24. The van der Waals surface area contributed by atoms with Crippen LogP contribution < -0.4 is 0 Å². The first-order valence-electron chi connectivity index (χ1n) is 6.28. The molecule has 1 unspecified atom stereocenters. The average molecular weight is 315 g/mol. The van der Waals surface area contributed by atoms with Gasteiger partial charge >= 0.3 is 5.97 Å². The minimum absolute atomic E-state index is 0.0989. The molecule has 1 N–H and O–H groups in total. The Hall–Kier alpha value is -1.96. The van der Waals surface area contributed by atoms with E-state index < -0.39 is 40.1 Å². The van der Waals surface area contributed by atoms with E-state index in [1.807, 2.05) is 0 Å². The van der Waals surface area contributed by atoms with Crippen molar-refractivity contribution in [3.63, 3.8) is 0 Å². The third kappa shape index (κ3) is 3.57. The fourth-order valence-corrected chi connectivity index (χ4v) is 4.05. The van der Waals surface area contributed by atoms with Gasteiger partial charge in [-0.3, -0.25) is 9.59 Å². The maximum absolute atomic E-state index is 13.7. The van der Waals surface area contributed by atoms with E-state index in [0.29, 0.717) is 0 Å². The van der Waals surface area contributed by atoms with Crippen LogP contribution in [-0.4, -0.2) is 54.4 Å². The maximum Gasteiger partial charge on any atom is 0.323 e. The highest BCUT2D eigenvalue weighted by Gasteiger charge is 2.36. The molecule has 1 aliphatic heterocycles. The smallest absolute Gasteiger partial charge is 0.323 e. The summed E-state index contributed by atoms with van der Waals surface area (Å²) in [6.45, 7) is -0.659. The molecule has 1 atom stereocenters. The van der Waals surface area contributed by atoms with E-state index in [4.69, 9.17) is 5.11 Å². The molecule has 1 saturated heterocycles. The Labute approximate surface area is 121 Å². The summed E-state index contributed by atoms with van der Waals surface area (Å²) in [7, 11) is -3.28. The second-order valence-corrected chi connectivity index (χ2v) is 7.09. The lowest BCUT2D eigenvalue weighted by Gasteiger charge is -2.26. The maximum atomic E-state index is 13.7. The lowest BCUT2D eigenvalue weighted by Crippen LogP contribution is -2.44. The van der Waals surface area contributed by atoms with Crippen LogP contribution in [0.5, 0.6) is 0 Å². The van der Waals surface area contributed by atoms with Crippen molar-refractivity contribution in [3.8, 4) is 0 Å². The van der Waals surface area contributed by atoms with E-state index in [1.165, 1.54) is 18.2 Å². The Balaban J connectivity index is 2.30. The van der Waals surface area contributed by atoms with Crippen LogP contribution >= 0.6 is 0 Å². The molecule has 8 heteroatoms. The molecule has 1 aromatic rings. The topological polar surface area (TPSA) is 91.8 Å². The van der Waals surface area contributed by atoms with Gasteiger partial charge in [-0.2, -0.15) is 0 Å². The largest absolute Gasteiger partial charge is 0.480 e. The van der Waals surface area contributed by atoms with E-state index in [9.17, 15) is 22.4 Å². The third-order valence-corrected chi connectivity index (χ3v) is 5.07. The third-order valence-electron chi connectivity index (χ3n) is 3.32. The molecule has 0 spiro atoms. The minimum atomic E-state index is -3.28. The molecule has 0 aliphatic carbocycles. The van der Waals surface area contributed by atoms with Crippen LogP contribution in [0.25, 0.3) is 0 Å². The molecule has 21 heavy (non-hydrogen) atoms. The summed E-state index contributed by atoms with van der Waals surface area (Å²) in [4.78, 5) is 24.2. The molecule has 0 saturated carbocycles. The molecule has 1 fully saturated rings. The first-order valence-corrected chi connectivity index (χ1v) is 8.10. The van der Waals surface area contributed by atoms with Crippen molar-refractivity contribution in [2.24, 2.45) is 0 Å². The lowest BCUT2D eigenvalue weighted by molar-refractivity contribution is -0.138. The number of carboxylic acid groups (broad SMARTS) is 1. The Morgan fingerprint density at radius 1 is 1.33 bits per heavy atom. The number of carboxylic acids is 1. The van der Waals surface area contributed by atoms with Gasteiger partial charge in [0.05, 0.1) is 17.1 Å². The van der Waals surface area contributed by atoms with Gasteiger partial charge in [0.1, 0.15) is 12.4 Å². The zero-order valence-corrected chi connectivity index (χ0v) is 11.8. The molecule has 114 valence electrons. The number of benzene rings is 1. The number of rotatable bonds is 4. The van der Waals surface area contributed by atoms with Gasteiger partial charge in [0.2, 0.25) is 0 Å². The molecule has 6 nitrogen and oxygen atoms in total. The molecule has 1 amide bonds. The van der Waals surface area contributed by atoms with Crippen molar-refractivity contribution in [1.82, 2.24) is 4.90 Å². The van der Waals surface area contributed by atoms with E-state index >= 15 is 0 Å². The van der Waals surface area contributed by atoms with Crippen LogP contribution in [0, 0.1) is 5.82 Å². The standard InChI is InChI=1S/C13H14FNO5S/c14-11-4-2-1-3-10(11)13(18)15(7-12(16)17)9-5-6-21(19,20)8-9/h1-4,9H,5-8H2,(H,16,17). The molecular weight excluding hydrogens is 301 g/mol. The summed E-state index contributed by atoms with van der Waals surface area (Å²) in [5.41, 5.74) is -0.261. The van der Waals surface area contributed by atoms with E-state index in [-0.39, 0.29) is 23.5 Å². The lowest BCUT2D eigenvalue weighted by atomic mass is 10.1. The predicted molar refractivity (Wildman–Crippen MR) is 72.1 cm³/mol. The van der Waals surface area contributed by atoms with Gasteiger partial charge in [-0.15, -0.1) is 0 Å². The van der Waals surface area contributed by atoms with Crippen molar-refractivity contribution in [3.05, 3.63) is 35.6 Å². The summed E-state index contributed by atoms with van der Waals surface area (Å²) in [6.07, 6.45) is 0.163. The van der Waals surface area contributed by atoms with Crippen molar-refractivity contribution in [2.45, 2.75) is 12.5 Å². The molecular formula is C13H14FNO5S. The second-order valence-electron chi connectivity index (χ2n) is 4.86. The molecule has 0 radical (unpaired) electrons. The Bertz CT molecular complexity index is 673. The Kier molecular flexibility index (Phi) is 4.26. The van der Waals surface area contributed by atoms with E-state index in [1.54, 1.807) is 0 Å². The highest BCUT2D eigenvalue weighted by atomic mass is 32.2. The van der Waals surface area contributed by atoms with Crippen LogP contribution in [0.3, 0.4) is 0 Å². The van der Waals surface area contributed by atoms with Crippen molar-refractivity contribution >= 4 is 21.7 Å². The fourth-order valence-electron chi connectivity index (χ4n) is 2.32. The van der Waals surface area contributed by atoms with Crippen LogP contribution in [0.1, 0.15) is 16.8 Å². The van der Waals surface area contributed by atoms with Crippen LogP contribution in [0.2, 0.25) is 0 Å². The number of carbonyl (C=O) groups excluding carboxylic acids is 1. The molecule has 1 aromatic carbocycles. The SMILES string of the molecule is O=C(O)CN(C(=O)c1ccccc1F)C1CCS(=O)(=O)C1. The number of amides is 1. The molecule has 1 aliphatic rings. The molecule has 0 aromatic heterocycles. The van der Waals surface area contributed by atoms with Gasteiger partial charge in [-0.25, -0.2) is 12.8 Å². The van der Waals surface area contributed by atoms with E-state index in [2.05, 4.69) is 0 Å². The van der Waals surface area contributed by atoms with Gasteiger partial charge in [-0.1, -0.05) is 12.1 Å². The number of halogens is 1. The molecule has 0 bridgehead atoms. The van der Waals surface area contributed by atoms with Crippen LogP contribution in [0.15, 0.2) is 24.3 Å². The minimum Gasteiger partial charge on any atom is -0.480 e. The van der Waals surface area contributed by atoms with Gasteiger partial charge < -0.3 is 10.0 Å². The Morgan fingerprint density at radius 3 is 2.52 bits per heavy atom. The first kappa shape index (κ1) is 15.4. The van der Waals surface area contributed by atoms with E-state index in [0.717, 1.165) is 11.0 Å². The number of nitrogens with zero attached hydrogens (tertiary/aromatic N) is 1. The summed E-state index contributed by atoms with van der Waals surface area (Å²) < 4.78 is 36.7. The summed E-state index contributed by atoms with van der Waals surface area (Å²) >= 11 is 0. The van der Waals surface area contributed by atoms with Crippen molar-refractivity contribution in [1.29, 1.82) is 0 Å². The van der Waals surface area contributed by atoms with Gasteiger partial charge in [0.25, 0.3) is 5.91 Å². The normalized spacial score (nSPS) is 20.1. The zero-order chi connectivity index (χ0) is 15.6.